The van der Waals surface area contributed by atoms with Gasteiger partial charge in [-0.25, -0.2) is 0 Å². The van der Waals surface area contributed by atoms with E-state index in [-0.39, 0.29) is 0 Å². The molecule has 0 saturated heterocycles. The number of hydrogen-bond donors (Lipinski definition) is 2. The van der Waals surface area contributed by atoms with Crippen LogP contribution in [0.4, 0.5) is 0 Å². The number of benzene rings is 2. The number of phenolic OH excluding ortho intramolecular Hbond substituents is 1. The normalized spacial score (nSPS) is 10.4. The van der Waals surface area contributed by atoms with E-state index in [0.717, 1.165) is 16.2 Å². The van der Waals surface area contributed by atoms with E-state index >= 15 is 0 Å². The fourth-order valence-corrected chi connectivity index (χ4v) is 2.33. The fraction of sp³-hybridized carbons (Fsp3) is 0.143. The number of rotatable bonds is 4. The number of phenols is 1. The van der Waals surface area contributed by atoms with Crippen molar-refractivity contribution in [3.63, 3.8) is 0 Å². The van der Waals surface area contributed by atoms with E-state index < -0.39 is 0 Å². The van der Waals surface area contributed by atoms with Gasteiger partial charge in [-0.2, -0.15) is 0 Å². The first-order valence-electron chi connectivity index (χ1n) is 5.47. The Kier molecular flexibility index (Phi) is 4.07. The van der Waals surface area contributed by atoms with Gasteiger partial charge in [0.2, 0.25) is 0 Å². The Balaban J connectivity index is 1.95. The minimum absolute atomic E-state index is 0.307. The van der Waals surface area contributed by atoms with Crippen molar-refractivity contribution in [3.8, 4) is 5.75 Å². The van der Waals surface area contributed by atoms with Crippen LogP contribution in [0.1, 0.15) is 11.1 Å². The molecule has 3 N–H and O–H groups in total. The van der Waals surface area contributed by atoms with Gasteiger partial charge in [-0.1, -0.05) is 24.3 Å². The molecule has 0 aliphatic heterocycles. The molecule has 3 heteroatoms. The Morgan fingerprint density at radius 1 is 0.882 bits per heavy atom. The molecule has 0 unspecified atom stereocenters. The largest absolute Gasteiger partial charge is 0.508 e. The molecule has 17 heavy (non-hydrogen) atoms. The molecule has 2 aromatic carbocycles. The molecule has 0 amide bonds. The molecule has 0 heterocycles. The molecule has 0 aromatic heterocycles. The minimum Gasteiger partial charge on any atom is -0.508 e. The average molecular weight is 245 g/mol. The molecular weight excluding hydrogens is 230 g/mol. The maximum absolute atomic E-state index is 9.18. The third kappa shape index (κ3) is 3.51. The van der Waals surface area contributed by atoms with Crippen LogP contribution in [0, 0.1) is 0 Å². The lowest BCUT2D eigenvalue weighted by Crippen LogP contribution is -1.95. The van der Waals surface area contributed by atoms with Gasteiger partial charge in [-0.15, -0.1) is 11.8 Å². The zero-order valence-corrected chi connectivity index (χ0v) is 10.3. The molecule has 2 rings (SSSR count). The SMILES string of the molecule is NCc1ccc(CSc2ccc(O)cc2)cc1. The highest BCUT2D eigenvalue weighted by molar-refractivity contribution is 7.98. The van der Waals surface area contributed by atoms with Crippen molar-refractivity contribution in [2.75, 3.05) is 0 Å². The molecule has 0 atom stereocenters. The summed E-state index contributed by atoms with van der Waals surface area (Å²) in [6.45, 7) is 0.589. The van der Waals surface area contributed by atoms with E-state index in [2.05, 4.69) is 24.3 Å². The van der Waals surface area contributed by atoms with Crippen molar-refractivity contribution in [1.82, 2.24) is 0 Å². The molecule has 88 valence electrons. The maximum atomic E-state index is 9.18. The molecular formula is C14H15NOS. The van der Waals surface area contributed by atoms with Crippen molar-refractivity contribution in [3.05, 3.63) is 59.7 Å². The second-order valence-electron chi connectivity index (χ2n) is 3.80. The van der Waals surface area contributed by atoms with Crippen molar-refractivity contribution in [2.45, 2.75) is 17.2 Å². The van der Waals surface area contributed by atoms with E-state index in [9.17, 15) is 5.11 Å². The van der Waals surface area contributed by atoms with Crippen LogP contribution in [0.3, 0.4) is 0 Å². The molecule has 0 fully saturated rings. The van der Waals surface area contributed by atoms with Crippen LogP contribution in [-0.2, 0) is 12.3 Å². The highest BCUT2D eigenvalue weighted by Crippen LogP contribution is 2.24. The Bertz CT molecular complexity index is 465. The first-order valence-corrected chi connectivity index (χ1v) is 6.46. The summed E-state index contributed by atoms with van der Waals surface area (Å²) in [6.07, 6.45) is 0. The Hall–Kier alpha value is -1.45. The van der Waals surface area contributed by atoms with Crippen LogP contribution in [-0.4, -0.2) is 5.11 Å². The minimum atomic E-state index is 0.307. The zero-order chi connectivity index (χ0) is 12.1. The molecule has 2 nitrogen and oxygen atoms in total. The third-order valence-corrected chi connectivity index (χ3v) is 3.58. The number of thioether (sulfide) groups is 1. The predicted molar refractivity (Wildman–Crippen MR) is 72.0 cm³/mol. The van der Waals surface area contributed by atoms with E-state index in [4.69, 9.17) is 5.73 Å². The lowest BCUT2D eigenvalue weighted by molar-refractivity contribution is 0.475. The lowest BCUT2D eigenvalue weighted by atomic mass is 10.1. The molecule has 0 spiro atoms. The van der Waals surface area contributed by atoms with Crippen molar-refractivity contribution in [1.29, 1.82) is 0 Å². The lowest BCUT2D eigenvalue weighted by Gasteiger charge is -2.03. The van der Waals surface area contributed by atoms with Gasteiger partial charge >= 0.3 is 0 Å². The standard InChI is InChI=1S/C14H15NOS/c15-9-11-1-3-12(4-2-11)10-17-14-7-5-13(16)6-8-14/h1-8,16H,9-10,15H2. The van der Waals surface area contributed by atoms with Crippen LogP contribution in [0.15, 0.2) is 53.4 Å². The number of nitrogens with two attached hydrogens (primary N) is 1. The summed E-state index contributed by atoms with van der Waals surface area (Å²) >= 11 is 1.75. The molecule has 0 aliphatic carbocycles. The van der Waals surface area contributed by atoms with Crippen molar-refractivity contribution in [2.24, 2.45) is 5.73 Å². The van der Waals surface area contributed by atoms with Gasteiger partial charge in [-0.05, 0) is 35.4 Å². The second-order valence-corrected chi connectivity index (χ2v) is 4.85. The first kappa shape index (κ1) is 12.0. The second kappa shape index (κ2) is 5.75. The van der Waals surface area contributed by atoms with Gasteiger partial charge in [0.15, 0.2) is 0 Å². The van der Waals surface area contributed by atoms with Gasteiger partial charge in [0.1, 0.15) is 5.75 Å². The summed E-state index contributed by atoms with van der Waals surface area (Å²) in [5.41, 5.74) is 7.98. The Morgan fingerprint density at radius 2 is 1.47 bits per heavy atom. The van der Waals surface area contributed by atoms with Gasteiger partial charge in [0.05, 0.1) is 0 Å². The van der Waals surface area contributed by atoms with Crippen molar-refractivity contribution < 1.29 is 5.11 Å². The smallest absolute Gasteiger partial charge is 0.115 e. The van der Waals surface area contributed by atoms with Crippen LogP contribution < -0.4 is 5.73 Å². The summed E-state index contributed by atoms with van der Waals surface area (Å²) in [7, 11) is 0. The van der Waals surface area contributed by atoms with Gasteiger partial charge < -0.3 is 10.8 Å². The molecule has 0 radical (unpaired) electrons. The van der Waals surface area contributed by atoms with E-state index in [0.29, 0.717) is 12.3 Å². The summed E-state index contributed by atoms with van der Waals surface area (Å²) in [4.78, 5) is 1.16. The van der Waals surface area contributed by atoms with Crippen LogP contribution >= 0.6 is 11.8 Å². The Morgan fingerprint density at radius 3 is 2.06 bits per heavy atom. The highest BCUT2D eigenvalue weighted by Gasteiger charge is 1.97. The summed E-state index contributed by atoms with van der Waals surface area (Å²) < 4.78 is 0. The number of hydrogen-bond acceptors (Lipinski definition) is 3. The van der Waals surface area contributed by atoms with Crippen LogP contribution in [0.2, 0.25) is 0 Å². The van der Waals surface area contributed by atoms with Gasteiger partial charge in [0, 0.05) is 17.2 Å². The zero-order valence-electron chi connectivity index (χ0n) is 9.47. The average Bonchev–Trinajstić information content (AvgIpc) is 2.39. The van der Waals surface area contributed by atoms with E-state index in [1.54, 1.807) is 23.9 Å². The first-order chi connectivity index (χ1) is 8.28. The summed E-state index contributed by atoms with van der Waals surface area (Å²) in [6, 6.07) is 15.6. The molecule has 2 aromatic rings. The maximum Gasteiger partial charge on any atom is 0.115 e. The molecule has 0 aliphatic rings. The van der Waals surface area contributed by atoms with Crippen molar-refractivity contribution >= 4 is 11.8 Å². The molecule has 0 bridgehead atoms. The van der Waals surface area contributed by atoms with Gasteiger partial charge in [-0.3, -0.25) is 0 Å². The Labute approximate surface area is 105 Å². The predicted octanol–water partition coefficient (Wildman–Crippen LogP) is 3.14. The number of aromatic hydroxyl groups is 1. The van der Waals surface area contributed by atoms with Crippen LogP contribution in [0.25, 0.3) is 0 Å². The van der Waals surface area contributed by atoms with E-state index in [1.165, 1.54) is 5.56 Å². The van der Waals surface area contributed by atoms with Gasteiger partial charge in [0.25, 0.3) is 0 Å². The summed E-state index contributed by atoms with van der Waals surface area (Å²) in [5, 5.41) is 9.18. The highest BCUT2D eigenvalue weighted by atomic mass is 32.2. The molecule has 0 saturated carbocycles. The fourth-order valence-electron chi connectivity index (χ4n) is 1.48. The van der Waals surface area contributed by atoms with E-state index in [1.807, 2.05) is 12.1 Å². The quantitative estimate of drug-likeness (QED) is 0.813. The monoisotopic (exact) mass is 245 g/mol. The topological polar surface area (TPSA) is 46.2 Å². The summed E-state index contributed by atoms with van der Waals surface area (Å²) in [5.74, 6) is 1.23. The van der Waals surface area contributed by atoms with Crippen LogP contribution in [0.5, 0.6) is 5.75 Å². The third-order valence-electron chi connectivity index (χ3n) is 2.50.